The van der Waals surface area contributed by atoms with Crippen molar-refractivity contribution in [1.29, 1.82) is 0 Å². The number of aromatic nitrogens is 4. The van der Waals surface area contributed by atoms with E-state index in [1.165, 1.54) is 16.7 Å². The molecule has 2 aromatic heterocycles. The van der Waals surface area contributed by atoms with E-state index in [-0.39, 0.29) is 5.91 Å². The number of hydrogen-bond acceptors (Lipinski definition) is 6. The Bertz CT molecular complexity index is 1930. The first-order valence-corrected chi connectivity index (χ1v) is 16.6. The number of allylic oxidation sites excluding steroid dienone is 5. The Labute approximate surface area is 276 Å². The number of nitrogens with zero attached hydrogens (tertiary/aromatic N) is 7. The smallest absolute Gasteiger partial charge is 0.253 e. The van der Waals surface area contributed by atoms with Crippen molar-refractivity contribution in [3.63, 3.8) is 0 Å². The first kappa shape index (κ1) is 30.6. The number of rotatable bonds is 7. The fourth-order valence-electron chi connectivity index (χ4n) is 6.79. The molecule has 7 rings (SSSR count). The summed E-state index contributed by atoms with van der Waals surface area (Å²) in [5.74, 6) is 0.884. The molecule has 1 fully saturated rings. The van der Waals surface area contributed by atoms with Crippen LogP contribution in [0.1, 0.15) is 46.9 Å². The lowest BCUT2D eigenvalue weighted by molar-refractivity contribution is 0.0664. The molecule has 2 aromatic carbocycles. The van der Waals surface area contributed by atoms with E-state index in [0.29, 0.717) is 0 Å². The molecule has 0 radical (unpaired) electrons. The number of likely N-dealkylation sites (N-methyl/N-ethyl adjacent to an activating group) is 1. The normalized spacial score (nSPS) is 17.1. The lowest BCUT2D eigenvalue weighted by Gasteiger charge is -2.32. The highest BCUT2D eigenvalue weighted by Crippen LogP contribution is 2.39. The monoisotopic (exact) mass is 626 g/mol. The summed E-state index contributed by atoms with van der Waals surface area (Å²) in [6.07, 6.45) is 15.8. The number of amides is 1. The van der Waals surface area contributed by atoms with Crippen molar-refractivity contribution < 1.29 is 4.79 Å². The van der Waals surface area contributed by atoms with Gasteiger partial charge in [0.2, 0.25) is 0 Å². The van der Waals surface area contributed by atoms with E-state index in [1.54, 1.807) is 0 Å². The van der Waals surface area contributed by atoms with Crippen LogP contribution in [-0.2, 0) is 26.9 Å². The van der Waals surface area contributed by atoms with Crippen LogP contribution in [0.5, 0.6) is 0 Å². The van der Waals surface area contributed by atoms with Crippen molar-refractivity contribution >= 4 is 23.4 Å². The van der Waals surface area contributed by atoms with E-state index in [4.69, 9.17) is 10.1 Å². The van der Waals surface area contributed by atoms with Crippen LogP contribution in [0.3, 0.4) is 0 Å². The third kappa shape index (κ3) is 6.23. The second-order valence-corrected chi connectivity index (χ2v) is 12.7. The zero-order valence-corrected chi connectivity index (χ0v) is 27.7. The van der Waals surface area contributed by atoms with Gasteiger partial charge in [-0.3, -0.25) is 14.2 Å². The molecule has 0 atom stereocenters. The van der Waals surface area contributed by atoms with E-state index in [0.717, 1.165) is 103 Å². The Morgan fingerprint density at radius 2 is 1.72 bits per heavy atom. The van der Waals surface area contributed by atoms with Gasteiger partial charge in [0.15, 0.2) is 0 Å². The average molecular weight is 627 g/mol. The molecule has 2 aliphatic heterocycles. The van der Waals surface area contributed by atoms with Crippen LogP contribution in [0.2, 0.25) is 0 Å². The lowest BCUT2D eigenvalue weighted by Crippen LogP contribution is -2.47. The summed E-state index contributed by atoms with van der Waals surface area (Å²) in [5.41, 5.74) is 12.0. The van der Waals surface area contributed by atoms with Gasteiger partial charge in [-0.1, -0.05) is 49.8 Å². The zero-order chi connectivity index (χ0) is 32.5. The second kappa shape index (κ2) is 13.0. The van der Waals surface area contributed by atoms with Crippen LogP contribution in [0.15, 0.2) is 89.5 Å². The number of anilines is 1. The molecule has 0 saturated carbocycles. The molecule has 3 aliphatic rings. The maximum absolute atomic E-state index is 13.3. The first-order chi connectivity index (χ1) is 22.9. The molecule has 240 valence electrons. The number of fused-ring (bicyclic) bond motifs is 2. The molecule has 0 spiro atoms. The molecule has 4 heterocycles. The molecule has 9 nitrogen and oxygen atoms in total. The van der Waals surface area contributed by atoms with Crippen LogP contribution in [0, 0.1) is 0 Å². The molecular weight excluding hydrogens is 584 g/mol. The predicted molar refractivity (Wildman–Crippen MR) is 189 cm³/mol. The van der Waals surface area contributed by atoms with Crippen LogP contribution in [0.25, 0.3) is 28.0 Å². The van der Waals surface area contributed by atoms with Crippen molar-refractivity contribution in [3.05, 3.63) is 107 Å². The van der Waals surface area contributed by atoms with E-state index in [1.807, 2.05) is 65.2 Å². The number of aryl methyl sites for hydroxylation is 4. The Balaban J connectivity index is 1.13. The van der Waals surface area contributed by atoms with Gasteiger partial charge in [0.1, 0.15) is 5.82 Å². The van der Waals surface area contributed by atoms with Crippen LogP contribution in [0.4, 0.5) is 5.69 Å². The van der Waals surface area contributed by atoms with Crippen molar-refractivity contribution in [1.82, 2.24) is 29.4 Å². The van der Waals surface area contributed by atoms with E-state index in [9.17, 15) is 4.79 Å². The fourth-order valence-corrected chi connectivity index (χ4v) is 6.79. The van der Waals surface area contributed by atoms with Crippen molar-refractivity contribution in [2.24, 2.45) is 19.1 Å². The molecule has 9 heteroatoms. The number of benzene rings is 2. The van der Waals surface area contributed by atoms with E-state index >= 15 is 0 Å². The average Bonchev–Trinajstić information content (AvgIpc) is 3.65. The van der Waals surface area contributed by atoms with E-state index in [2.05, 4.69) is 71.8 Å². The molecule has 4 aromatic rings. The van der Waals surface area contributed by atoms with Gasteiger partial charge in [-0.05, 0) is 72.9 Å². The molecule has 1 saturated heterocycles. The van der Waals surface area contributed by atoms with Crippen molar-refractivity contribution in [2.45, 2.75) is 32.6 Å². The zero-order valence-electron chi connectivity index (χ0n) is 27.7. The molecule has 47 heavy (non-hydrogen) atoms. The Hall–Kier alpha value is -5.02. The quantitative estimate of drug-likeness (QED) is 0.267. The summed E-state index contributed by atoms with van der Waals surface area (Å²) in [6.45, 7) is 5.53. The van der Waals surface area contributed by atoms with Crippen LogP contribution >= 0.6 is 0 Å². The van der Waals surface area contributed by atoms with Gasteiger partial charge < -0.3 is 15.1 Å². The predicted octanol–water partition coefficient (Wildman–Crippen LogP) is 6.12. The van der Waals surface area contributed by atoms with Crippen LogP contribution < -0.4 is 5.32 Å². The maximum Gasteiger partial charge on any atom is 0.253 e. The molecule has 1 N–H and O–H groups in total. The van der Waals surface area contributed by atoms with Gasteiger partial charge in [0.05, 0.1) is 17.6 Å². The minimum Gasteiger partial charge on any atom is -0.340 e. The van der Waals surface area contributed by atoms with Gasteiger partial charge in [-0.25, -0.2) is 4.99 Å². The third-order valence-electron chi connectivity index (χ3n) is 9.36. The minimum atomic E-state index is 0.114. The molecule has 1 aliphatic carbocycles. The number of piperazine rings is 1. The van der Waals surface area contributed by atoms with Crippen LogP contribution in [-0.4, -0.2) is 74.7 Å². The third-order valence-corrected chi connectivity index (χ3v) is 9.36. The van der Waals surface area contributed by atoms with E-state index < -0.39 is 0 Å². The number of aliphatic imine (C=N–C) groups is 1. The molecular formula is C38H42N8O. The van der Waals surface area contributed by atoms with Gasteiger partial charge in [0, 0.05) is 80.6 Å². The standard InChI is InChI=1S/C38H42N8O/c1-5-7-28-22-29(38(47)46-20-18-43(2)19-21-46)14-16-33(28)41-35-9-6-8-32-30(23-39-35)15-17-34-36(32)37(45(4)42-34)27-12-10-26(11-13-27)31-24-40-44(3)25-31/h6,8-14,16,22-25H,5,7,15,17-21H2,1-4H3,(H,39,41). The number of carbonyl (C=O) groups is 1. The van der Waals surface area contributed by atoms with Gasteiger partial charge in [-0.15, -0.1) is 0 Å². The highest BCUT2D eigenvalue weighted by molar-refractivity contribution is 6.00. The van der Waals surface area contributed by atoms with Crippen molar-refractivity contribution in [3.8, 4) is 22.4 Å². The molecule has 1 amide bonds. The van der Waals surface area contributed by atoms with Gasteiger partial charge >= 0.3 is 0 Å². The van der Waals surface area contributed by atoms with Crippen molar-refractivity contribution in [2.75, 3.05) is 38.5 Å². The summed E-state index contributed by atoms with van der Waals surface area (Å²) >= 11 is 0. The number of nitrogens with one attached hydrogen (secondary N) is 1. The summed E-state index contributed by atoms with van der Waals surface area (Å²) in [5, 5.41) is 12.8. The summed E-state index contributed by atoms with van der Waals surface area (Å²) in [4.78, 5) is 22.5. The largest absolute Gasteiger partial charge is 0.340 e. The van der Waals surface area contributed by atoms with Gasteiger partial charge in [-0.2, -0.15) is 10.2 Å². The molecule has 0 unspecified atom stereocenters. The second-order valence-electron chi connectivity index (χ2n) is 12.7. The Morgan fingerprint density at radius 3 is 2.47 bits per heavy atom. The fraction of sp³-hybridized carbons (Fsp3) is 0.316. The highest BCUT2D eigenvalue weighted by Gasteiger charge is 2.26. The summed E-state index contributed by atoms with van der Waals surface area (Å²) in [7, 11) is 6.07. The highest BCUT2D eigenvalue weighted by atomic mass is 16.2. The molecule has 0 bridgehead atoms. The number of hydrogen-bond donors (Lipinski definition) is 1. The van der Waals surface area contributed by atoms with Gasteiger partial charge in [0.25, 0.3) is 5.91 Å². The topological polar surface area (TPSA) is 83.6 Å². The summed E-state index contributed by atoms with van der Waals surface area (Å²) < 4.78 is 3.84. The Morgan fingerprint density at radius 1 is 0.936 bits per heavy atom. The minimum absolute atomic E-state index is 0.114. The lowest BCUT2D eigenvalue weighted by atomic mass is 9.86. The SMILES string of the molecule is CCCc1cc(C(=O)N2CCN(C)CC2)ccc1NC1=C/C=C/C2=C(C=N1)CCc1nn(C)c(-c3ccc(-c4cnn(C)c4)cc3)c12. The maximum atomic E-state index is 13.3. The first-order valence-electron chi connectivity index (χ1n) is 16.6. The number of carbonyl (C=O) groups excluding carboxylic acids is 1. The Kier molecular flexibility index (Phi) is 8.47. The summed E-state index contributed by atoms with van der Waals surface area (Å²) in [6, 6.07) is 14.7.